The molecule has 0 aromatic carbocycles. The van der Waals surface area contributed by atoms with Crippen LogP contribution in [0.4, 0.5) is 11.6 Å². The number of rotatable bonds is 5. The van der Waals surface area contributed by atoms with Gasteiger partial charge in [0.05, 0.1) is 12.3 Å². The van der Waals surface area contributed by atoms with Gasteiger partial charge in [0.2, 0.25) is 5.88 Å². The molecule has 0 spiro atoms. The topological polar surface area (TPSA) is 102 Å². The molecular weight excluding hydrogens is 232 g/mol. The van der Waals surface area contributed by atoms with Crippen LogP contribution >= 0.6 is 0 Å². The normalized spacial score (nSPS) is 10.6. The van der Waals surface area contributed by atoms with Crippen molar-refractivity contribution >= 4 is 11.6 Å². The highest BCUT2D eigenvalue weighted by Crippen LogP contribution is 2.14. The molecule has 0 aliphatic carbocycles. The number of nitrogens with one attached hydrogen (secondary N) is 2. The summed E-state index contributed by atoms with van der Waals surface area (Å²) in [5.41, 5.74) is 6.57. The first kappa shape index (κ1) is 12.2. The van der Waals surface area contributed by atoms with Gasteiger partial charge in [0.25, 0.3) is 0 Å². The number of aromatic amines is 1. The lowest BCUT2D eigenvalue weighted by Crippen LogP contribution is -2.08. The van der Waals surface area contributed by atoms with E-state index in [4.69, 9.17) is 10.5 Å². The summed E-state index contributed by atoms with van der Waals surface area (Å²) in [5, 5.41) is 9.65. The van der Waals surface area contributed by atoms with Crippen LogP contribution in [-0.2, 0) is 6.54 Å². The molecule has 4 N–H and O–H groups in total. The first-order chi connectivity index (χ1) is 8.65. The molecule has 0 saturated carbocycles. The average Bonchev–Trinajstić information content (AvgIpc) is 2.72. The number of hydrogen-bond donors (Lipinski definition) is 3. The molecule has 0 aliphatic rings. The Morgan fingerprint density at radius 2 is 2.28 bits per heavy atom. The van der Waals surface area contributed by atoms with E-state index in [0.29, 0.717) is 24.1 Å². The predicted molar refractivity (Wildman–Crippen MR) is 68.1 cm³/mol. The zero-order valence-electron chi connectivity index (χ0n) is 10.3. The molecule has 2 aromatic rings. The summed E-state index contributed by atoms with van der Waals surface area (Å²) >= 11 is 0. The van der Waals surface area contributed by atoms with E-state index in [1.165, 1.54) is 6.33 Å². The van der Waals surface area contributed by atoms with Crippen LogP contribution in [0.3, 0.4) is 0 Å². The van der Waals surface area contributed by atoms with Crippen molar-refractivity contribution in [1.82, 2.24) is 20.2 Å². The van der Waals surface area contributed by atoms with Crippen LogP contribution in [0.5, 0.6) is 5.88 Å². The number of nitrogen functional groups attached to an aromatic ring is 1. The molecule has 2 rings (SSSR count). The first-order valence-electron chi connectivity index (χ1n) is 5.65. The van der Waals surface area contributed by atoms with E-state index in [-0.39, 0.29) is 6.10 Å². The standard InChI is InChI=1S/C11H16N6O/c1-7(2)18-10-3-9(14-6-15-10)13-4-8-5-16-17-11(8)12/h3,5-7H,4H2,1-2H3,(H3,12,16,17)(H,13,14,15). The summed E-state index contributed by atoms with van der Waals surface area (Å²) in [6.45, 7) is 4.43. The lowest BCUT2D eigenvalue weighted by molar-refractivity contribution is 0.232. The molecule has 0 aliphatic heterocycles. The summed E-state index contributed by atoms with van der Waals surface area (Å²) in [6.07, 6.45) is 3.21. The van der Waals surface area contributed by atoms with Crippen LogP contribution in [0.2, 0.25) is 0 Å². The Bertz CT molecular complexity index is 510. The Balaban J connectivity index is 1.99. The van der Waals surface area contributed by atoms with Crippen LogP contribution in [0, 0.1) is 0 Å². The third-order valence-corrected chi connectivity index (χ3v) is 2.21. The van der Waals surface area contributed by atoms with E-state index < -0.39 is 0 Å². The SMILES string of the molecule is CC(C)Oc1cc(NCc2cn[nH]c2N)ncn1. The number of hydrogen-bond acceptors (Lipinski definition) is 6. The van der Waals surface area contributed by atoms with Crippen LogP contribution in [0.1, 0.15) is 19.4 Å². The molecule has 2 aromatic heterocycles. The Kier molecular flexibility index (Phi) is 3.61. The lowest BCUT2D eigenvalue weighted by Gasteiger charge is -2.09. The van der Waals surface area contributed by atoms with Crippen LogP contribution in [0.15, 0.2) is 18.6 Å². The molecule has 18 heavy (non-hydrogen) atoms. The number of H-pyrrole nitrogens is 1. The first-order valence-corrected chi connectivity index (χ1v) is 5.65. The van der Waals surface area contributed by atoms with E-state index in [2.05, 4.69) is 25.5 Å². The van der Waals surface area contributed by atoms with Gasteiger partial charge in [-0.25, -0.2) is 9.97 Å². The van der Waals surface area contributed by atoms with Crippen molar-refractivity contribution in [2.24, 2.45) is 0 Å². The maximum atomic E-state index is 5.68. The number of aromatic nitrogens is 4. The molecule has 96 valence electrons. The van der Waals surface area contributed by atoms with Gasteiger partial charge >= 0.3 is 0 Å². The van der Waals surface area contributed by atoms with E-state index in [0.717, 1.165) is 5.56 Å². The molecule has 0 bridgehead atoms. The molecule has 2 heterocycles. The lowest BCUT2D eigenvalue weighted by atomic mass is 10.3. The molecule has 0 fully saturated rings. The Morgan fingerprint density at radius 3 is 2.94 bits per heavy atom. The van der Waals surface area contributed by atoms with E-state index in [9.17, 15) is 0 Å². The molecule has 0 atom stereocenters. The van der Waals surface area contributed by atoms with Crippen LogP contribution in [0.25, 0.3) is 0 Å². The molecule has 0 radical (unpaired) electrons. The highest BCUT2D eigenvalue weighted by atomic mass is 16.5. The van der Waals surface area contributed by atoms with Gasteiger partial charge in [-0.2, -0.15) is 5.10 Å². The number of ether oxygens (including phenoxy) is 1. The maximum Gasteiger partial charge on any atom is 0.218 e. The van der Waals surface area contributed by atoms with Gasteiger partial charge in [-0.15, -0.1) is 0 Å². The third-order valence-electron chi connectivity index (χ3n) is 2.21. The van der Waals surface area contributed by atoms with Gasteiger partial charge in [-0.3, -0.25) is 5.10 Å². The van der Waals surface area contributed by atoms with Crippen molar-refractivity contribution in [3.8, 4) is 5.88 Å². The minimum atomic E-state index is 0.0808. The minimum Gasteiger partial charge on any atom is -0.475 e. The molecule has 0 saturated heterocycles. The van der Waals surface area contributed by atoms with Gasteiger partial charge in [0, 0.05) is 18.2 Å². The van der Waals surface area contributed by atoms with Crippen molar-refractivity contribution in [2.45, 2.75) is 26.5 Å². The highest BCUT2D eigenvalue weighted by molar-refractivity contribution is 5.42. The zero-order valence-corrected chi connectivity index (χ0v) is 10.3. The average molecular weight is 248 g/mol. The predicted octanol–water partition coefficient (Wildman–Crippen LogP) is 1.18. The monoisotopic (exact) mass is 248 g/mol. The van der Waals surface area contributed by atoms with Crippen LogP contribution in [-0.4, -0.2) is 26.3 Å². The van der Waals surface area contributed by atoms with Gasteiger partial charge in [0.1, 0.15) is 18.0 Å². The second kappa shape index (κ2) is 5.35. The molecule has 7 nitrogen and oxygen atoms in total. The summed E-state index contributed by atoms with van der Waals surface area (Å²) in [7, 11) is 0. The van der Waals surface area contributed by atoms with Gasteiger partial charge in [-0.05, 0) is 13.8 Å². The highest BCUT2D eigenvalue weighted by Gasteiger charge is 2.04. The van der Waals surface area contributed by atoms with Gasteiger partial charge < -0.3 is 15.8 Å². The smallest absolute Gasteiger partial charge is 0.218 e. The Hall–Kier alpha value is -2.31. The zero-order chi connectivity index (χ0) is 13.0. The van der Waals surface area contributed by atoms with Crippen molar-refractivity contribution in [1.29, 1.82) is 0 Å². The Labute approximate surface area is 105 Å². The van der Waals surface area contributed by atoms with Crippen molar-refractivity contribution in [3.05, 3.63) is 24.2 Å². The fourth-order valence-electron chi connectivity index (χ4n) is 1.39. The largest absolute Gasteiger partial charge is 0.475 e. The van der Waals surface area contributed by atoms with Gasteiger partial charge in [0.15, 0.2) is 0 Å². The maximum absolute atomic E-state index is 5.68. The number of nitrogens with two attached hydrogens (primary N) is 1. The Morgan fingerprint density at radius 1 is 1.44 bits per heavy atom. The molecular formula is C11H16N6O. The summed E-state index contributed by atoms with van der Waals surface area (Å²) in [4.78, 5) is 8.13. The van der Waals surface area contributed by atoms with E-state index in [1.807, 2.05) is 13.8 Å². The van der Waals surface area contributed by atoms with Crippen molar-refractivity contribution in [2.75, 3.05) is 11.1 Å². The fraction of sp³-hybridized carbons (Fsp3) is 0.364. The second-order valence-corrected chi connectivity index (χ2v) is 4.07. The second-order valence-electron chi connectivity index (χ2n) is 4.07. The molecule has 0 amide bonds. The number of nitrogens with zero attached hydrogens (tertiary/aromatic N) is 3. The van der Waals surface area contributed by atoms with Crippen molar-refractivity contribution < 1.29 is 4.74 Å². The fourth-order valence-corrected chi connectivity index (χ4v) is 1.39. The quantitative estimate of drug-likeness (QED) is 0.734. The minimum absolute atomic E-state index is 0.0808. The van der Waals surface area contributed by atoms with E-state index >= 15 is 0 Å². The van der Waals surface area contributed by atoms with E-state index in [1.54, 1.807) is 12.3 Å². The van der Waals surface area contributed by atoms with Gasteiger partial charge in [-0.1, -0.05) is 0 Å². The summed E-state index contributed by atoms with van der Waals surface area (Å²) < 4.78 is 5.48. The number of anilines is 2. The van der Waals surface area contributed by atoms with Crippen LogP contribution < -0.4 is 15.8 Å². The summed E-state index contributed by atoms with van der Waals surface area (Å²) in [5.74, 6) is 1.78. The molecule has 0 unspecified atom stereocenters. The summed E-state index contributed by atoms with van der Waals surface area (Å²) in [6, 6.07) is 1.75. The third kappa shape index (κ3) is 3.09. The van der Waals surface area contributed by atoms with Crippen molar-refractivity contribution in [3.63, 3.8) is 0 Å². The molecule has 7 heteroatoms.